The quantitative estimate of drug-likeness (QED) is 0.870. The second-order valence-electron chi connectivity index (χ2n) is 4.73. The Morgan fingerprint density at radius 1 is 1.00 bits per heavy atom. The summed E-state index contributed by atoms with van der Waals surface area (Å²) in [6.45, 7) is 3.83. The number of amides is 2. The third kappa shape index (κ3) is 3.89. The van der Waals surface area contributed by atoms with Crippen LogP contribution >= 0.6 is 11.6 Å². The highest BCUT2D eigenvalue weighted by Crippen LogP contribution is 2.23. The summed E-state index contributed by atoms with van der Waals surface area (Å²) in [7, 11) is 1.60. The van der Waals surface area contributed by atoms with Crippen molar-refractivity contribution in [2.75, 3.05) is 17.7 Å². The molecule has 0 aliphatic carbocycles. The van der Waals surface area contributed by atoms with Crippen LogP contribution in [-0.2, 0) is 0 Å². The van der Waals surface area contributed by atoms with Gasteiger partial charge < -0.3 is 15.4 Å². The van der Waals surface area contributed by atoms with Crippen molar-refractivity contribution in [3.8, 4) is 5.75 Å². The molecule has 21 heavy (non-hydrogen) atoms. The highest BCUT2D eigenvalue weighted by atomic mass is 35.5. The van der Waals surface area contributed by atoms with Crippen molar-refractivity contribution < 1.29 is 9.53 Å². The fraction of sp³-hybridized carbons (Fsp3) is 0.188. The fourth-order valence-corrected chi connectivity index (χ4v) is 2.03. The number of aryl methyl sites for hydroxylation is 2. The molecule has 110 valence electrons. The molecule has 5 heteroatoms. The Labute approximate surface area is 129 Å². The lowest BCUT2D eigenvalue weighted by atomic mass is 10.2. The zero-order valence-electron chi connectivity index (χ0n) is 12.2. The summed E-state index contributed by atoms with van der Waals surface area (Å²) in [4.78, 5) is 12.0. The van der Waals surface area contributed by atoms with Crippen LogP contribution in [0.15, 0.2) is 36.4 Å². The predicted molar refractivity (Wildman–Crippen MR) is 86.6 cm³/mol. The minimum absolute atomic E-state index is 0.317. The summed E-state index contributed by atoms with van der Waals surface area (Å²) in [5, 5.41) is 6.19. The van der Waals surface area contributed by atoms with E-state index in [4.69, 9.17) is 16.3 Å². The minimum atomic E-state index is -0.317. The first-order chi connectivity index (χ1) is 9.99. The zero-order chi connectivity index (χ0) is 15.4. The van der Waals surface area contributed by atoms with Crippen LogP contribution in [0.4, 0.5) is 16.2 Å². The van der Waals surface area contributed by atoms with E-state index in [1.807, 2.05) is 32.0 Å². The number of anilines is 2. The summed E-state index contributed by atoms with van der Waals surface area (Å²) >= 11 is 5.95. The molecule has 2 N–H and O–H groups in total. The topological polar surface area (TPSA) is 50.4 Å². The number of nitrogens with one attached hydrogen (secondary N) is 2. The Morgan fingerprint density at radius 2 is 1.62 bits per heavy atom. The van der Waals surface area contributed by atoms with Crippen molar-refractivity contribution in [1.82, 2.24) is 0 Å². The van der Waals surface area contributed by atoms with Gasteiger partial charge in [-0.1, -0.05) is 17.7 Å². The van der Waals surface area contributed by atoms with Crippen LogP contribution in [0.3, 0.4) is 0 Å². The molecule has 0 unspecified atom stereocenters. The van der Waals surface area contributed by atoms with E-state index in [0.29, 0.717) is 16.4 Å². The van der Waals surface area contributed by atoms with Crippen LogP contribution < -0.4 is 15.4 Å². The number of carbonyl (C=O) groups is 1. The molecule has 0 aliphatic rings. The lowest BCUT2D eigenvalue weighted by Gasteiger charge is -2.11. The third-order valence-corrected chi connectivity index (χ3v) is 3.51. The van der Waals surface area contributed by atoms with Crippen molar-refractivity contribution in [1.29, 1.82) is 0 Å². The SMILES string of the molecule is COc1cc(NC(=O)Nc2ccc(Cl)c(C)c2)ccc1C. The second kappa shape index (κ2) is 6.50. The van der Waals surface area contributed by atoms with Crippen LogP contribution in [0.25, 0.3) is 0 Å². The van der Waals surface area contributed by atoms with Gasteiger partial charge >= 0.3 is 6.03 Å². The lowest BCUT2D eigenvalue weighted by Crippen LogP contribution is -2.19. The number of hydrogen-bond acceptors (Lipinski definition) is 2. The summed E-state index contributed by atoms with van der Waals surface area (Å²) in [5.74, 6) is 0.732. The van der Waals surface area contributed by atoms with Crippen molar-refractivity contribution in [2.24, 2.45) is 0 Å². The number of ether oxygens (including phenoxy) is 1. The maximum atomic E-state index is 12.0. The molecule has 0 atom stereocenters. The van der Waals surface area contributed by atoms with Crippen LogP contribution in [0.1, 0.15) is 11.1 Å². The molecule has 0 fully saturated rings. The van der Waals surface area contributed by atoms with E-state index in [1.54, 1.807) is 25.3 Å². The van der Waals surface area contributed by atoms with Crippen molar-refractivity contribution in [3.05, 3.63) is 52.5 Å². The van der Waals surface area contributed by atoms with Gasteiger partial charge in [0.25, 0.3) is 0 Å². The molecule has 2 aromatic rings. The highest BCUT2D eigenvalue weighted by Gasteiger charge is 2.06. The number of urea groups is 1. The van der Waals surface area contributed by atoms with Gasteiger partial charge in [-0.25, -0.2) is 4.79 Å². The Morgan fingerprint density at radius 3 is 2.24 bits per heavy atom. The molecule has 0 aliphatic heterocycles. The summed E-state index contributed by atoms with van der Waals surface area (Å²) in [6, 6.07) is 10.5. The van der Waals surface area contributed by atoms with Gasteiger partial charge in [-0.15, -0.1) is 0 Å². The first kappa shape index (κ1) is 15.2. The summed E-state index contributed by atoms with van der Waals surface area (Å²) in [6.07, 6.45) is 0. The molecule has 0 saturated heterocycles. The van der Waals surface area contributed by atoms with E-state index < -0.39 is 0 Å². The normalized spacial score (nSPS) is 10.1. The molecule has 0 spiro atoms. The van der Waals surface area contributed by atoms with Crippen LogP contribution in [0.5, 0.6) is 5.75 Å². The number of hydrogen-bond donors (Lipinski definition) is 2. The number of benzene rings is 2. The lowest BCUT2D eigenvalue weighted by molar-refractivity contribution is 0.262. The van der Waals surface area contributed by atoms with E-state index in [1.165, 1.54) is 0 Å². The molecule has 2 aromatic carbocycles. The molecule has 2 rings (SSSR count). The van der Waals surface area contributed by atoms with E-state index in [2.05, 4.69) is 10.6 Å². The van der Waals surface area contributed by atoms with Crippen LogP contribution in [0, 0.1) is 13.8 Å². The van der Waals surface area contributed by atoms with Crippen LogP contribution in [0.2, 0.25) is 5.02 Å². The van der Waals surface area contributed by atoms with Crippen molar-refractivity contribution in [2.45, 2.75) is 13.8 Å². The van der Waals surface area contributed by atoms with E-state index in [9.17, 15) is 4.79 Å². The van der Waals surface area contributed by atoms with Gasteiger partial charge in [-0.3, -0.25) is 0 Å². The Hall–Kier alpha value is -2.20. The van der Waals surface area contributed by atoms with E-state index in [-0.39, 0.29) is 6.03 Å². The molecule has 4 nitrogen and oxygen atoms in total. The Kier molecular flexibility index (Phi) is 4.70. The monoisotopic (exact) mass is 304 g/mol. The standard InChI is InChI=1S/C16H17ClN2O2/c1-10-4-5-13(9-15(10)21-3)19-16(20)18-12-6-7-14(17)11(2)8-12/h4-9H,1-3H3,(H2,18,19,20). The first-order valence-electron chi connectivity index (χ1n) is 6.48. The molecule has 0 bridgehead atoms. The summed E-state index contributed by atoms with van der Waals surface area (Å²) < 4.78 is 5.23. The molecule has 0 aromatic heterocycles. The average molecular weight is 305 g/mol. The van der Waals surface area contributed by atoms with Gasteiger partial charge in [0.05, 0.1) is 7.11 Å². The smallest absolute Gasteiger partial charge is 0.323 e. The maximum Gasteiger partial charge on any atom is 0.323 e. The minimum Gasteiger partial charge on any atom is -0.496 e. The Balaban J connectivity index is 2.06. The molecular formula is C16H17ClN2O2. The zero-order valence-corrected chi connectivity index (χ0v) is 12.9. The maximum absolute atomic E-state index is 12.0. The predicted octanol–water partition coefficient (Wildman–Crippen LogP) is 4.61. The average Bonchev–Trinajstić information content (AvgIpc) is 2.45. The Bertz CT molecular complexity index is 671. The number of rotatable bonds is 3. The largest absolute Gasteiger partial charge is 0.496 e. The highest BCUT2D eigenvalue weighted by molar-refractivity contribution is 6.31. The molecular weight excluding hydrogens is 288 g/mol. The summed E-state index contributed by atoms with van der Waals surface area (Å²) in [5.41, 5.74) is 3.28. The van der Waals surface area contributed by atoms with Gasteiger partial charge in [-0.2, -0.15) is 0 Å². The van der Waals surface area contributed by atoms with Gasteiger partial charge in [0, 0.05) is 22.5 Å². The van der Waals surface area contributed by atoms with Gasteiger partial charge in [0.1, 0.15) is 5.75 Å². The van der Waals surface area contributed by atoms with Crippen molar-refractivity contribution in [3.63, 3.8) is 0 Å². The van der Waals surface area contributed by atoms with E-state index >= 15 is 0 Å². The first-order valence-corrected chi connectivity index (χ1v) is 6.86. The molecule has 0 heterocycles. The van der Waals surface area contributed by atoms with E-state index in [0.717, 1.165) is 16.9 Å². The molecule has 0 saturated carbocycles. The van der Waals surface area contributed by atoms with Crippen LogP contribution in [-0.4, -0.2) is 13.1 Å². The van der Waals surface area contributed by atoms with Crippen molar-refractivity contribution >= 4 is 29.0 Å². The fourth-order valence-electron chi connectivity index (χ4n) is 1.91. The number of carbonyl (C=O) groups excluding carboxylic acids is 1. The second-order valence-corrected chi connectivity index (χ2v) is 5.13. The molecule has 0 radical (unpaired) electrons. The number of halogens is 1. The van der Waals surface area contributed by atoms with Gasteiger partial charge in [0.2, 0.25) is 0 Å². The molecule has 2 amide bonds. The van der Waals surface area contributed by atoms with Gasteiger partial charge in [-0.05, 0) is 49.2 Å². The third-order valence-electron chi connectivity index (χ3n) is 3.08. The number of methoxy groups -OCH3 is 1. The van der Waals surface area contributed by atoms with Gasteiger partial charge in [0.15, 0.2) is 0 Å².